The SMILES string of the molecule is CCCC(SCCCC(C)(F)F)C(=O)OC. The van der Waals surface area contributed by atoms with Gasteiger partial charge in [0.05, 0.1) is 7.11 Å². The van der Waals surface area contributed by atoms with E-state index in [2.05, 4.69) is 4.74 Å². The molecule has 0 aliphatic rings. The normalized spacial score (nSPS) is 13.6. The van der Waals surface area contributed by atoms with Gasteiger partial charge in [-0.15, -0.1) is 11.8 Å². The molecule has 96 valence electrons. The van der Waals surface area contributed by atoms with E-state index in [-0.39, 0.29) is 17.6 Å². The highest BCUT2D eigenvalue weighted by atomic mass is 32.2. The number of carbonyl (C=O) groups is 1. The molecule has 0 saturated carbocycles. The number of alkyl halides is 2. The second-order valence-electron chi connectivity index (χ2n) is 3.85. The lowest BCUT2D eigenvalue weighted by atomic mass is 10.2. The molecule has 0 aliphatic heterocycles. The molecule has 0 heterocycles. The molecule has 0 aromatic heterocycles. The molecule has 0 spiro atoms. The second kappa shape index (κ2) is 7.87. The fourth-order valence-electron chi connectivity index (χ4n) is 1.27. The first-order valence-electron chi connectivity index (χ1n) is 5.48. The maximum absolute atomic E-state index is 12.5. The summed E-state index contributed by atoms with van der Waals surface area (Å²) in [5.74, 6) is -2.29. The minimum atomic E-state index is -2.61. The van der Waals surface area contributed by atoms with Crippen molar-refractivity contribution in [2.24, 2.45) is 0 Å². The number of esters is 1. The van der Waals surface area contributed by atoms with Crippen LogP contribution in [0.5, 0.6) is 0 Å². The van der Waals surface area contributed by atoms with Gasteiger partial charge in [-0.3, -0.25) is 4.79 Å². The van der Waals surface area contributed by atoms with E-state index in [1.54, 1.807) is 0 Å². The summed E-state index contributed by atoms with van der Waals surface area (Å²) in [4.78, 5) is 11.3. The summed E-state index contributed by atoms with van der Waals surface area (Å²) in [5.41, 5.74) is 0. The van der Waals surface area contributed by atoms with Crippen molar-refractivity contribution in [1.82, 2.24) is 0 Å². The Morgan fingerprint density at radius 1 is 1.50 bits per heavy atom. The lowest BCUT2D eigenvalue weighted by Gasteiger charge is -2.14. The number of hydrogen-bond donors (Lipinski definition) is 0. The van der Waals surface area contributed by atoms with Crippen molar-refractivity contribution in [2.45, 2.75) is 50.7 Å². The van der Waals surface area contributed by atoms with Gasteiger partial charge in [0.15, 0.2) is 0 Å². The molecule has 0 amide bonds. The van der Waals surface area contributed by atoms with Gasteiger partial charge in [-0.2, -0.15) is 0 Å². The Morgan fingerprint density at radius 2 is 2.12 bits per heavy atom. The minimum absolute atomic E-state index is 0.125. The number of methoxy groups -OCH3 is 1. The van der Waals surface area contributed by atoms with Crippen molar-refractivity contribution in [3.8, 4) is 0 Å². The monoisotopic (exact) mass is 254 g/mol. The van der Waals surface area contributed by atoms with Gasteiger partial charge in [-0.05, 0) is 25.5 Å². The molecule has 1 atom stereocenters. The average molecular weight is 254 g/mol. The first-order chi connectivity index (χ1) is 7.40. The smallest absolute Gasteiger partial charge is 0.318 e. The Kier molecular flexibility index (Phi) is 7.72. The minimum Gasteiger partial charge on any atom is -0.468 e. The predicted octanol–water partition coefficient (Wildman–Crippen LogP) is 3.50. The molecule has 0 N–H and O–H groups in total. The third-order valence-electron chi connectivity index (χ3n) is 2.09. The van der Waals surface area contributed by atoms with Crippen molar-refractivity contribution in [1.29, 1.82) is 0 Å². The largest absolute Gasteiger partial charge is 0.468 e. The Hall–Kier alpha value is -0.320. The standard InChI is InChI=1S/C11H20F2O2S/c1-4-6-9(10(14)15-3)16-8-5-7-11(2,12)13/h9H,4-8H2,1-3H3. The first kappa shape index (κ1) is 15.7. The summed E-state index contributed by atoms with van der Waals surface area (Å²) in [6, 6.07) is 0. The molecule has 5 heteroatoms. The van der Waals surface area contributed by atoms with Gasteiger partial charge in [0, 0.05) is 6.42 Å². The third kappa shape index (κ3) is 7.91. The van der Waals surface area contributed by atoms with Crippen molar-refractivity contribution in [3.63, 3.8) is 0 Å². The topological polar surface area (TPSA) is 26.3 Å². The molecule has 0 bridgehead atoms. The van der Waals surface area contributed by atoms with E-state index >= 15 is 0 Å². The van der Waals surface area contributed by atoms with Crippen LogP contribution in [0, 0.1) is 0 Å². The molecule has 16 heavy (non-hydrogen) atoms. The summed E-state index contributed by atoms with van der Waals surface area (Å²) in [6.45, 7) is 2.90. The van der Waals surface area contributed by atoms with Gasteiger partial charge in [-0.1, -0.05) is 13.3 Å². The quantitative estimate of drug-likeness (QED) is 0.490. The van der Waals surface area contributed by atoms with Gasteiger partial charge < -0.3 is 4.74 Å². The Balaban J connectivity index is 3.81. The zero-order valence-corrected chi connectivity index (χ0v) is 10.9. The Bertz CT molecular complexity index is 205. The van der Waals surface area contributed by atoms with Gasteiger partial charge in [-0.25, -0.2) is 8.78 Å². The molecule has 0 fully saturated rings. The zero-order chi connectivity index (χ0) is 12.6. The van der Waals surface area contributed by atoms with Crippen LogP contribution in [0.2, 0.25) is 0 Å². The molecule has 0 radical (unpaired) electrons. The molecule has 0 aromatic rings. The maximum atomic E-state index is 12.5. The van der Waals surface area contributed by atoms with Crippen LogP contribution in [0.1, 0.15) is 39.5 Å². The molecule has 0 saturated heterocycles. The summed E-state index contributed by atoms with van der Waals surface area (Å²) in [6.07, 6.45) is 1.92. The first-order valence-corrected chi connectivity index (χ1v) is 6.53. The number of carbonyl (C=O) groups excluding carboxylic acids is 1. The molecule has 0 aliphatic carbocycles. The van der Waals surface area contributed by atoms with Crippen LogP contribution in [0.15, 0.2) is 0 Å². The highest BCUT2D eigenvalue weighted by molar-refractivity contribution is 8.00. The van der Waals surface area contributed by atoms with Crippen LogP contribution in [0.4, 0.5) is 8.78 Å². The zero-order valence-electron chi connectivity index (χ0n) is 10.1. The van der Waals surface area contributed by atoms with Crippen LogP contribution in [-0.4, -0.2) is 30.0 Å². The fraction of sp³-hybridized carbons (Fsp3) is 0.909. The average Bonchev–Trinajstić information content (AvgIpc) is 2.20. The highest BCUT2D eigenvalue weighted by Crippen LogP contribution is 2.23. The predicted molar refractivity (Wildman–Crippen MR) is 63.0 cm³/mol. The number of halogens is 2. The van der Waals surface area contributed by atoms with Crippen LogP contribution in [0.3, 0.4) is 0 Å². The number of rotatable bonds is 8. The maximum Gasteiger partial charge on any atom is 0.318 e. The van der Waals surface area contributed by atoms with E-state index in [0.29, 0.717) is 12.2 Å². The van der Waals surface area contributed by atoms with Crippen LogP contribution in [-0.2, 0) is 9.53 Å². The molecule has 0 aromatic carbocycles. The van der Waals surface area contributed by atoms with Gasteiger partial charge in [0.1, 0.15) is 5.25 Å². The van der Waals surface area contributed by atoms with Crippen LogP contribution < -0.4 is 0 Å². The van der Waals surface area contributed by atoms with Crippen LogP contribution >= 0.6 is 11.8 Å². The van der Waals surface area contributed by atoms with Crippen molar-refractivity contribution in [3.05, 3.63) is 0 Å². The summed E-state index contributed by atoms with van der Waals surface area (Å²) >= 11 is 1.41. The van der Waals surface area contributed by atoms with Crippen molar-refractivity contribution >= 4 is 17.7 Å². The van der Waals surface area contributed by atoms with E-state index < -0.39 is 5.92 Å². The lowest BCUT2D eigenvalue weighted by molar-refractivity contribution is -0.140. The van der Waals surface area contributed by atoms with Crippen molar-refractivity contribution in [2.75, 3.05) is 12.9 Å². The van der Waals surface area contributed by atoms with Gasteiger partial charge in [0.2, 0.25) is 5.92 Å². The third-order valence-corrected chi connectivity index (χ3v) is 3.45. The summed E-state index contributed by atoms with van der Waals surface area (Å²) in [7, 11) is 1.35. The van der Waals surface area contributed by atoms with E-state index in [1.165, 1.54) is 18.9 Å². The number of thioether (sulfide) groups is 1. The van der Waals surface area contributed by atoms with E-state index in [4.69, 9.17) is 0 Å². The molecule has 0 rings (SSSR count). The molecule has 1 unspecified atom stereocenters. The van der Waals surface area contributed by atoms with Gasteiger partial charge >= 0.3 is 5.97 Å². The molecular weight excluding hydrogens is 234 g/mol. The Morgan fingerprint density at radius 3 is 2.56 bits per heavy atom. The van der Waals surface area contributed by atoms with Crippen molar-refractivity contribution < 1.29 is 18.3 Å². The molecular formula is C11H20F2O2S. The number of hydrogen-bond acceptors (Lipinski definition) is 3. The van der Waals surface area contributed by atoms with Crippen LogP contribution in [0.25, 0.3) is 0 Å². The van der Waals surface area contributed by atoms with E-state index in [1.807, 2.05) is 6.92 Å². The number of ether oxygens (including phenoxy) is 1. The van der Waals surface area contributed by atoms with E-state index in [0.717, 1.165) is 19.8 Å². The summed E-state index contributed by atoms with van der Waals surface area (Å²) in [5, 5.41) is -0.208. The van der Waals surface area contributed by atoms with Gasteiger partial charge in [0.25, 0.3) is 0 Å². The van der Waals surface area contributed by atoms with E-state index in [9.17, 15) is 13.6 Å². The highest BCUT2D eigenvalue weighted by Gasteiger charge is 2.22. The molecule has 2 nitrogen and oxygen atoms in total. The lowest BCUT2D eigenvalue weighted by Crippen LogP contribution is -2.19. The summed E-state index contributed by atoms with van der Waals surface area (Å²) < 4.78 is 29.7. The second-order valence-corrected chi connectivity index (χ2v) is 5.16. The Labute approximate surface area is 100 Å². The fourth-order valence-corrected chi connectivity index (χ4v) is 2.50.